The van der Waals surface area contributed by atoms with Crippen LogP contribution in [-0.4, -0.2) is 23.8 Å². The zero-order chi connectivity index (χ0) is 22.3. The van der Waals surface area contributed by atoms with Crippen molar-refractivity contribution in [3.8, 4) is 22.9 Å². The highest BCUT2D eigenvalue weighted by atomic mass is 16.5. The maximum Gasteiger partial charge on any atom is 0.231 e. The fourth-order valence-corrected chi connectivity index (χ4v) is 4.57. The molecule has 2 aliphatic rings. The summed E-state index contributed by atoms with van der Waals surface area (Å²) < 4.78 is 6.39. The highest BCUT2D eigenvalue weighted by molar-refractivity contribution is 5.99. The number of carbonyl (C=O) groups is 1. The Balaban J connectivity index is 1.64. The van der Waals surface area contributed by atoms with Gasteiger partial charge in [-0.15, -0.1) is 0 Å². The maximum absolute atomic E-state index is 12.8. The summed E-state index contributed by atoms with van der Waals surface area (Å²) in [6.45, 7) is 0. The van der Waals surface area contributed by atoms with Gasteiger partial charge in [0.25, 0.3) is 0 Å². The molecular weight excluding hydrogens is 400 g/mol. The van der Waals surface area contributed by atoms with Gasteiger partial charge in [-0.05, 0) is 41.0 Å². The molecule has 1 spiro atoms. The van der Waals surface area contributed by atoms with Crippen LogP contribution < -0.4 is 10.1 Å². The van der Waals surface area contributed by atoms with Gasteiger partial charge in [-0.1, -0.05) is 48.5 Å². The van der Waals surface area contributed by atoms with Crippen molar-refractivity contribution in [1.29, 1.82) is 10.7 Å². The van der Waals surface area contributed by atoms with E-state index in [1.807, 2.05) is 66.7 Å². The van der Waals surface area contributed by atoms with E-state index in [1.54, 1.807) is 13.1 Å². The van der Waals surface area contributed by atoms with Crippen molar-refractivity contribution in [3.05, 3.63) is 89.5 Å². The average molecular weight is 422 g/mol. The van der Waals surface area contributed by atoms with E-state index in [4.69, 9.17) is 10.1 Å². The van der Waals surface area contributed by atoms with Crippen molar-refractivity contribution in [2.75, 3.05) is 7.05 Å². The number of guanidine groups is 1. The lowest BCUT2D eigenvalue weighted by molar-refractivity contribution is -0.130. The summed E-state index contributed by atoms with van der Waals surface area (Å²) in [5.74, 6) is 0.672. The van der Waals surface area contributed by atoms with Gasteiger partial charge in [0.1, 0.15) is 11.9 Å². The molecule has 2 aliphatic heterocycles. The smallest absolute Gasteiger partial charge is 0.231 e. The second-order valence-electron chi connectivity index (χ2n) is 8.31. The van der Waals surface area contributed by atoms with Crippen LogP contribution in [0.1, 0.15) is 35.6 Å². The molecule has 3 aromatic carbocycles. The summed E-state index contributed by atoms with van der Waals surface area (Å²) in [5, 5.41) is 21.0. The van der Waals surface area contributed by atoms with E-state index in [2.05, 4.69) is 11.4 Å². The number of rotatable bonds is 2. The fourth-order valence-electron chi connectivity index (χ4n) is 4.57. The Bertz CT molecular complexity index is 1240. The average Bonchev–Trinajstić information content (AvgIpc) is 2.83. The zero-order valence-electron chi connectivity index (χ0n) is 17.6. The molecule has 6 heteroatoms. The number of nitrogens with one attached hydrogen (secondary N) is 2. The minimum atomic E-state index is -0.752. The van der Waals surface area contributed by atoms with Crippen molar-refractivity contribution in [3.63, 3.8) is 0 Å². The first-order valence-corrected chi connectivity index (χ1v) is 10.5. The van der Waals surface area contributed by atoms with Crippen molar-refractivity contribution >= 4 is 11.9 Å². The van der Waals surface area contributed by atoms with Crippen LogP contribution in [0.2, 0.25) is 0 Å². The summed E-state index contributed by atoms with van der Waals surface area (Å²) in [4.78, 5) is 14.2. The molecule has 1 saturated heterocycles. The summed E-state index contributed by atoms with van der Waals surface area (Å²) in [7, 11) is 1.61. The van der Waals surface area contributed by atoms with E-state index in [9.17, 15) is 10.1 Å². The first-order chi connectivity index (χ1) is 15.5. The molecule has 3 aromatic rings. The molecule has 5 rings (SSSR count). The third-order valence-electron chi connectivity index (χ3n) is 6.31. The minimum Gasteiger partial charge on any atom is -0.485 e. The first-order valence-electron chi connectivity index (χ1n) is 10.5. The summed E-state index contributed by atoms with van der Waals surface area (Å²) in [6.07, 6.45) is 0.508. The number of amides is 1. The monoisotopic (exact) mass is 422 g/mol. The fraction of sp³-hybridized carbons (Fsp3) is 0.192. The molecule has 158 valence electrons. The SMILES string of the molecule is CN1C(=N)NC2(CC1=O)CC(c1ccccc1)Oc1ccc(-c3cccc(C#N)c3)cc12. The Morgan fingerprint density at radius 1 is 1.09 bits per heavy atom. The molecule has 32 heavy (non-hydrogen) atoms. The van der Waals surface area contributed by atoms with E-state index in [1.165, 1.54) is 4.90 Å². The number of ether oxygens (including phenoxy) is 1. The topological polar surface area (TPSA) is 89.2 Å². The third-order valence-corrected chi connectivity index (χ3v) is 6.31. The number of benzene rings is 3. The molecule has 2 N–H and O–H groups in total. The number of carbonyl (C=O) groups excluding carboxylic acids is 1. The lowest BCUT2D eigenvalue weighted by Gasteiger charge is -2.47. The van der Waals surface area contributed by atoms with Crippen molar-refractivity contribution < 1.29 is 9.53 Å². The number of nitrogens with zero attached hydrogens (tertiary/aromatic N) is 2. The lowest BCUT2D eigenvalue weighted by atomic mass is 9.76. The molecule has 0 bridgehead atoms. The summed E-state index contributed by atoms with van der Waals surface area (Å²) in [6, 6.07) is 25.5. The molecule has 2 atom stereocenters. The Hall–Kier alpha value is -4.11. The van der Waals surface area contributed by atoms with Gasteiger partial charge < -0.3 is 10.1 Å². The Labute approximate surface area is 186 Å². The predicted molar refractivity (Wildman–Crippen MR) is 121 cm³/mol. The van der Waals surface area contributed by atoms with Crippen LogP contribution in [0.15, 0.2) is 72.8 Å². The van der Waals surface area contributed by atoms with Crippen LogP contribution in [0.3, 0.4) is 0 Å². The largest absolute Gasteiger partial charge is 0.485 e. The molecule has 1 amide bonds. The Kier molecular flexibility index (Phi) is 4.67. The number of nitriles is 1. The summed E-state index contributed by atoms with van der Waals surface area (Å²) in [5.41, 5.74) is 3.57. The third kappa shape index (κ3) is 3.28. The van der Waals surface area contributed by atoms with Gasteiger partial charge in [0, 0.05) is 19.0 Å². The second-order valence-corrected chi connectivity index (χ2v) is 8.31. The lowest BCUT2D eigenvalue weighted by Crippen LogP contribution is -2.61. The number of fused-ring (bicyclic) bond motifs is 2. The highest BCUT2D eigenvalue weighted by Gasteiger charge is 2.48. The predicted octanol–water partition coefficient (Wildman–Crippen LogP) is 4.33. The van der Waals surface area contributed by atoms with Gasteiger partial charge >= 0.3 is 0 Å². The van der Waals surface area contributed by atoms with Crippen LogP contribution in [0.25, 0.3) is 11.1 Å². The van der Waals surface area contributed by atoms with Crippen molar-refractivity contribution in [1.82, 2.24) is 10.2 Å². The molecule has 0 aromatic heterocycles. The van der Waals surface area contributed by atoms with Gasteiger partial charge in [0.05, 0.1) is 23.6 Å². The standard InChI is InChI=1S/C26H22N4O2/c1-30-24(31)15-26(29-25(30)28)14-23(18-7-3-2-4-8-18)32-22-11-10-20(13-21(22)26)19-9-5-6-17(12-19)16-27/h2-13,23H,14-15H2,1H3,(H2,28,29). The highest BCUT2D eigenvalue weighted by Crippen LogP contribution is 2.48. The van der Waals surface area contributed by atoms with E-state index >= 15 is 0 Å². The quantitative estimate of drug-likeness (QED) is 0.643. The Morgan fingerprint density at radius 2 is 1.88 bits per heavy atom. The van der Waals surface area contributed by atoms with E-state index < -0.39 is 5.54 Å². The van der Waals surface area contributed by atoms with Gasteiger partial charge in [-0.2, -0.15) is 5.26 Å². The molecular formula is C26H22N4O2. The maximum atomic E-state index is 12.8. The van der Waals surface area contributed by atoms with Gasteiger partial charge in [0.2, 0.25) is 5.91 Å². The zero-order valence-corrected chi connectivity index (χ0v) is 17.6. The van der Waals surface area contributed by atoms with Gasteiger partial charge in [-0.3, -0.25) is 15.1 Å². The Morgan fingerprint density at radius 3 is 2.62 bits per heavy atom. The van der Waals surface area contributed by atoms with Crippen LogP contribution >= 0.6 is 0 Å². The molecule has 0 saturated carbocycles. The number of hydrogen-bond donors (Lipinski definition) is 2. The molecule has 0 radical (unpaired) electrons. The van der Waals surface area contributed by atoms with Gasteiger partial charge in [-0.25, -0.2) is 0 Å². The van der Waals surface area contributed by atoms with Crippen molar-refractivity contribution in [2.45, 2.75) is 24.5 Å². The van der Waals surface area contributed by atoms with E-state index in [0.717, 1.165) is 22.3 Å². The molecule has 0 aliphatic carbocycles. The minimum absolute atomic E-state index is 0.0813. The van der Waals surface area contributed by atoms with E-state index in [0.29, 0.717) is 17.7 Å². The molecule has 1 fully saturated rings. The normalized spacial score (nSPS) is 22.0. The second kappa shape index (κ2) is 7.54. The van der Waals surface area contributed by atoms with Gasteiger partial charge in [0.15, 0.2) is 5.96 Å². The molecule has 2 unspecified atom stereocenters. The van der Waals surface area contributed by atoms with Crippen LogP contribution in [-0.2, 0) is 10.3 Å². The van der Waals surface area contributed by atoms with Crippen molar-refractivity contribution in [2.24, 2.45) is 0 Å². The molecule has 2 heterocycles. The van der Waals surface area contributed by atoms with Crippen LogP contribution in [0.4, 0.5) is 0 Å². The first kappa shape index (κ1) is 19.8. The van der Waals surface area contributed by atoms with E-state index in [-0.39, 0.29) is 24.4 Å². The van der Waals surface area contributed by atoms with Crippen LogP contribution in [0.5, 0.6) is 5.75 Å². The molecule has 6 nitrogen and oxygen atoms in total. The summed E-state index contributed by atoms with van der Waals surface area (Å²) >= 11 is 0. The number of hydrogen-bond acceptors (Lipinski definition) is 4. The van der Waals surface area contributed by atoms with Crippen LogP contribution in [0, 0.1) is 16.7 Å².